The van der Waals surface area contributed by atoms with Crippen LogP contribution in [0.25, 0.3) is 11.3 Å². The molecule has 18 heavy (non-hydrogen) atoms. The SMILES string of the molecule is CCCc1ccc(-c2csc(C(N)CO)n2)cc1. The van der Waals surface area contributed by atoms with Gasteiger partial charge in [-0.2, -0.15) is 0 Å². The van der Waals surface area contributed by atoms with Gasteiger partial charge in [0.2, 0.25) is 0 Å². The molecule has 0 radical (unpaired) electrons. The molecule has 1 aromatic heterocycles. The van der Waals surface area contributed by atoms with Gasteiger partial charge in [-0.05, 0) is 12.0 Å². The van der Waals surface area contributed by atoms with Gasteiger partial charge in [0.1, 0.15) is 5.01 Å². The Morgan fingerprint density at radius 3 is 2.67 bits per heavy atom. The van der Waals surface area contributed by atoms with Gasteiger partial charge in [0, 0.05) is 10.9 Å². The maximum atomic E-state index is 9.01. The monoisotopic (exact) mass is 262 g/mol. The van der Waals surface area contributed by atoms with Crippen LogP contribution in [0.15, 0.2) is 29.6 Å². The largest absolute Gasteiger partial charge is 0.394 e. The molecule has 0 aliphatic rings. The molecular weight excluding hydrogens is 244 g/mol. The number of aliphatic hydroxyl groups is 1. The molecule has 0 amide bonds. The second-order valence-corrected chi connectivity index (χ2v) is 5.20. The molecule has 2 rings (SSSR count). The third-order valence-corrected chi connectivity index (χ3v) is 3.80. The smallest absolute Gasteiger partial charge is 0.112 e. The fourth-order valence-corrected chi connectivity index (χ4v) is 2.62. The first kappa shape index (κ1) is 13.2. The van der Waals surface area contributed by atoms with Gasteiger partial charge in [-0.25, -0.2) is 4.98 Å². The predicted molar refractivity (Wildman–Crippen MR) is 75.6 cm³/mol. The molecule has 4 heteroatoms. The zero-order chi connectivity index (χ0) is 13.0. The van der Waals surface area contributed by atoms with Crippen LogP contribution >= 0.6 is 11.3 Å². The normalized spacial score (nSPS) is 12.6. The average Bonchev–Trinajstić information content (AvgIpc) is 2.89. The van der Waals surface area contributed by atoms with E-state index in [0.29, 0.717) is 0 Å². The third kappa shape index (κ3) is 2.96. The van der Waals surface area contributed by atoms with Crippen molar-refractivity contribution in [3.63, 3.8) is 0 Å². The number of aromatic nitrogens is 1. The van der Waals surface area contributed by atoms with Crippen molar-refractivity contribution in [2.75, 3.05) is 6.61 Å². The van der Waals surface area contributed by atoms with Crippen LogP contribution in [0, 0.1) is 0 Å². The Bertz CT molecular complexity index is 493. The van der Waals surface area contributed by atoms with Gasteiger partial charge in [0.05, 0.1) is 18.3 Å². The highest BCUT2D eigenvalue weighted by Gasteiger charge is 2.10. The van der Waals surface area contributed by atoms with Crippen LogP contribution in [0.1, 0.15) is 30.0 Å². The van der Waals surface area contributed by atoms with E-state index in [9.17, 15) is 0 Å². The summed E-state index contributed by atoms with van der Waals surface area (Å²) in [5, 5.41) is 11.8. The zero-order valence-electron chi connectivity index (χ0n) is 10.5. The molecule has 3 N–H and O–H groups in total. The van der Waals surface area contributed by atoms with Crippen LogP contribution in [0.2, 0.25) is 0 Å². The summed E-state index contributed by atoms with van der Waals surface area (Å²) in [5.74, 6) is 0. The van der Waals surface area contributed by atoms with Gasteiger partial charge < -0.3 is 10.8 Å². The van der Waals surface area contributed by atoms with Gasteiger partial charge in [-0.3, -0.25) is 0 Å². The summed E-state index contributed by atoms with van der Waals surface area (Å²) in [4.78, 5) is 4.46. The number of aryl methyl sites for hydroxylation is 1. The van der Waals surface area contributed by atoms with Crippen molar-refractivity contribution >= 4 is 11.3 Å². The van der Waals surface area contributed by atoms with Gasteiger partial charge in [0.15, 0.2) is 0 Å². The molecule has 1 aromatic carbocycles. The highest BCUT2D eigenvalue weighted by atomic mass is 32.1. The lowest BCUT2D eigenvalue weighted by molar-refractivity contribution is 0.268. The molecular formula is C14H18N2OS. The topological polar surface area (TPSA) is 59.1 Å². The van der Waals surface area contributed by atoms with E-state index in [4.69, 9.17) is 10.8 Å². The lowest BCUT2D eigenvalue weighted by Gasteiger charge is -2.03. The summed E-state index contributed by atoms with van der Waals surface area (Å²) in [6.45, 7) is 2.11. The average molecular weight is 262 g/mol. The maximum absolute atomic E-state index is 9.01. The number of hydrogen-bond acceptors (Lipinski definition) is 4. The van der Waals surface area contributed by atoms with Crippen LogP contribution in [0.4, 0.5) is 0 Å². The summed E-state index contributed by atoms with van der Waals surface area (Å²) in [5.41, 5.74) is 9.13. The van der Waals surface area contributed by atoms with E-state index in [-0.39, 0.29) is 12.6 Å². The highest BCUT2D eigenvalue weighted by molar-refractivity contribution is 7.10. The number of rotatable bonds is 5. The summed E-state index contributed by atoms with van der Waals surface area (Å²) >= 11 is 1.50. The molecule has 0 spiro atoms. The van der Waals surface area contributed by atoms with Gasteiger partial charge in [-0.15, -0.1) is 11.3 Å². The van der Waals surface area contributed by atoms with Crippen LogP contribution < -0.4 is 5.73 Å². The van der Waals surface area contributed by atoms with Gasteiger partial charge >= 0.3 is 0 Å². The molecule has 0 saturated carbocycles. The Kier molecular flexibility index (Phi) is 4.47. The lowest BCUT2D eigenvalue weighted by Crippen LogP contribution is -2.13. The molecule has 0 saturated heterocycles. The predicted octanol–water partition coefficient (Wildman–Crippen LogP) is 2.75. The van der Waals surface area contributed by atoms with Crippen molar-refractivity contribution in [1.29, 1.82) is 0 Å². The number of hydrogen-bond donors (Lipinski definition) is 2. The molecule has 0 bridgehead atoms. The Morgan fingerprint density at radius 1 is 1.33 bits per heavy atom. The van der Waals surface area contributed by atoms with E-state index in [1.54, 1.807) is 0 Å². The quantitative estimate of drug-likeness (QED) is 0.871. The van der Waals surface area contributed by atoms with E-state index in [1.807, 2.05) is 5.38 Å². The van der Waals surface area contributed by atoms with E-state index in [2.05, 4.69) is 36.2 Å². The van der Waals surface area contributed by atoms with Crippen LogP contribution in [-0.2, 0) is 6.42 Å². The van der Waals surface area contributed by atoms with Crippen molar-refractivity contribution in [2.24, 2.45) is 5.73 Å². The first-order chi connectivity index (χ1) is 8.74. The zero-order valence-corrected chi connectivity index (χ0v) is 11.3. The summed E-state index contributed by atoms with van der Waals surface area (Å²) < 4.78 is 0. The molecule has 3 nitrogen and oxygen atoms in total. The molecule has 0 aliphatic carbocycles. The molecule has 1 unspecified atom stereocenters. The molecule has 0 fully saturated rings. The molecule has 96 valence electrons. The van der Waals surface area contributed by atoms with Crippen molar-refractivity contribution in [3.05, 3.63) is 40.2 Å². The van der Waals surface area contributed by atoms with E-state index < -0.39 is 0 Å². The van der Waals surface area contributed by atoms with Crippen LogP contribution in [0.5, 0.6) is 0 Å². The molecule has 0 aliphatic heterocycles. The highest BCUT2D eigenvalue weighted by Crippen LogP contribution is 2.25. The number of benzene rings is 1. The van der Waals surface area contributed by atoms with Gasteiger partial charge in [0.25, 0.3) is 0 Å². The number of aliphatic hydroxyl groups excluding tert-OH is 1. The van der Waals surface area contributed by atoms with Crippen molar-refractivity contribution in [1.82, 2.24) is 4.98 Å². The summed E-state index contributed by atoms with van der Waals surface area (Å²) in [6, 6.07) is 8.10. The Labute approximate surface area is 111 Å². The standard InChI is InChI=1S/C14H18N2OS/c1-2-3-10-4-6-11(7-5-10)13-9-18-14(16-13)12(15)8-17/h4-7,9,12,17H,2-3,8,15H2,1H3. The third-order valence-electron chi connectivity index (χ3n) is 2.82. The maximum Gasteiger partial charge on any atom is 0.112 e. The van der Waals surface area contributed by atoms with E-state index in [0.717, 1.165) is 29.1 Å². The number of nitrogens with zero attached hydrogens (tertiary/aromatic N) is 1. The summed E-state index contributed by atoms with van der Waals surface area (Å²) in [6.07, 6.45) is 2.27. The number of nitrogens with two attached hydrogens (primary N) is 1. The van der Waals surface area contributed by atoms with Crippen LogP contribution in [-0.4, -0.2) is 16.7 Å². The Hall–Kier alpha value is -1.23. The van der Waals surface area contributed by atoms with Crippen molar-refractivity contribution < 1.29 is 5.11 Å². The second-order valence-electron chi connectivity index (χ2n) is 4.31. The molecule has 2 aromatic rings. The van der Waals surface area contributed by atoms with Crippen LogP contribution in [0.3, 0.4) is 0 Å². The molecule has 1 atom stereocenters. The Morgan fingerprint density at radius 2 is 2.06 bits per heavy atom. The Balaban J connectivity index is 2.18. The summed E-state index contributed by atoms with van der Waals surface area (Å²) in [7, 11) is 0. The fraction of sp³-hybridized carbons (Fsp3) is 0.357. The first-order valence-electron chi connectivity index (χ1n) is 6.15. The first-order valence-corrected chi connectivity index (χ1v) is 7.03. The van der Waals surface area contributed by atoms with Crippen molar-refractivity contribution in [2.45, 2.75) is 25.8 Å². The van der Waals surface area contributed by atoms with Crippen molar-refractivity contribution in [3.8, 4) is 11.3 Å². The minimum absolute atomic E-state index is 0.0671. The minimum atomic E-state index is -0.372. The second kappa shape index (κ2) is 6.09. The minimum Gasteiger partial charge on any atom is -0.394 e. The van der Waals surface area contributed by atoms with E-state index >= 15 is 0 Å². The lowest BCUT2D eigenvalue weighted by atomic mass is 10.1. The van der Waals surface area contributed by atoms with E-state index in [1.165, 1.54) is 16.9 Å². The number of thiazole rings is 1. The van der Waals surface area contributed by atoms with Gasteiger partial charge in [-0.1, -0.05) is 37.6 Å². The fourth-order valence-electron chi connectivity index (χ4n) is 1.80. The molecule has 1 heterocycles.